The lowest BCUT2D eigenvalue weighted by Gasteiger charge is -2.39. The van der Waals surface area contributed by atoms with E-state index in [9.17, 15) is 9.90 Å². The SMILES string of the molecule is CC(C)(C)[Si](C)(C)OCCC1=CC[C@H](CO)[C@@]12C=CC(=O)CC2. The van der Waals surface area contributed by atoms with Gasteiger partial charge in [-0.05, 0) is 49.4 Å². The van der Waals surface area contributed by atoms with Crippen molar-refractivity contribution in [1.82, 2.24) is 0 Å². The molecule has 0 amide bonds. The fraction of sp³-hybridized carbons (Fsp3) is 0.737. The van der Waals surface area contributed by atoms with E-state index in [0.29, 0.717) is 6.42 Å². The molecule has 0 saturated heterocycles. The van der Waals surface area contributed by atoms with Gasteiger partial charge in [0, 0.05) is 25.0 Å². The summed E-state index contributed by atoms with van der Waals surface area (Å²) in [6, 6.07) is 0. The van der Waals surface area contributed by atoms with Gasteiger partial charge in [-0.25, -0.2) is 0 Å². The molecule has 2 aliphatic rings. The topological polar surface area (TPSA) is 46.5 Å². The number of carbonyl (C=O) groups excluding carboxylic acids is 1. The minimum Gasteiger partial charge on any atom is -0.417 e. The molecule has 4 heteroatoms. The summed E-state index contributed by atoms with van der Waals surface area (Å²) in [7, 11) is -1.72. The van der Waals surface area contributed by atoms with Gasteiger partial charge in [0.25, 0.3) is 0 Å². The first-order valence-electron chi connectivity index (χ1n) is 8.79. The Bertz CT molecular complexity index is 513. The van der Waals surface area contributed by atoms with Crippen LogP contribution in [0.25, 0.3) is 0 Å². The highest BCUT2D eigenvalue weighted by Crippen LogP contribution is 2.51. The zero-order valence-corrected chi connectivity index (χ0v) is 16.3. The maximum absolute atomic E-state index is 11.6. The average molecular weight is 337 g/mol. The lowest BCUT2D eigenvalue weighted by atomic mass is 9.67. The van der Waals surface area contributed by atoms with Crippen LogP contribution in [-0.4, -0.2) is 32.4 Å². The Kier molecular flexibility index (Phi) is 5.39. The molecule has 0 fully saturated rings. The maximum atomic E-state index is 11.6. The van der Waals surface area contributed by atoms with Gasteiger partial charge in [-0.1, -0.05) is 38.5 Å². The monoisotopic (exact) mass is 336 g/mol. The summed E-state index contributed by atoms with van der Waals surface area (Å²) in [5.41, 5.74) is 1.25. The number of ketones is 1. The Hall–Kier alpha value is -0.713. The van der Waals surface area contributed by atoms with E-state index in [1.807, 2.05) is 0 Å². The van der Waals surface area contributed by atoms with Crippen LogP contribution in [0.4, 0.5) is 0 Å². The van der Waals surface area contributed by atoms with Crippen molar-refractivity contribution in [3.05, 3.63) is 23.8 Å². The van der Waals surface area contributed by atoms with E-state index < -0.39 is 8.32 Å². The van der Waals surface area contributed by atoms with Gasteiger partial charge in [0.2, 0.25) is 0 Å². The molecule has 2 atom stereocenters. The minimum atomic E-state index is -1.72. The zero-order valence-electron chi connectivity index (χ0n) is 15.3. The van der Waals surface area contributed by atoms with Crippen LogP contribution in [0.3, 0.4) is 0 Å². The first kappa shape index (κ1) is 18.6. The molecular weight excluding hydrogens is 304 g/mol. The average Bonchev–Trinajstić information content (AvgIpc) is 2.79. The molecule has 0 unspecified atom stereocenters. The maximum Gasteiger partial charge on any atom is 0.191 e. The van der Waals surface area contributed by atoms with Crippen molar-refractivity contribution in [2.24, 2.45) is 11.3 Å². The lowest BCUT2D eigenvalue weighted by Crippen LogP contribution is -2.41. The van der Waals surface area contributed by atoms with Gasteiger partial charge in [-0.15, -0.1) is 0 Å². The van der Waals surface area contributed by atoms with Crippen LogP contribution in [-0.2, 0) is 9.22 Å². The fourth-order valence-corrected chi connectivity index (χ4v) is 4.54. The summed E-state index contributed by atoms with van der Waals surface area (Å²) in [6.07, 6.45) is 9.29. The zero-order chi connectivity index (χ0) is 17.3. The molecule has 0 aromatic heterocycles. The Morgan fingerprint density at radius 3 is 2.61 bits per heavy atom. The Morgan fingerprint density at radius 1 is 1.39 bits per heavy atom. The van der Waals surface area contributed by atoms with Crippen LogP contribution < -0.4 is 0 Å². The van der Waals surface area contributed by atoms with Crippen molar-refractivity contribution in [1.29, 1.82) is 0 Å². The quantitative estimate of drug-likeness (QED) is 0.603. The van der Waals surface area contributed by atoms with E-state index in [-0.39, 0.29) is 28.8 Å². The fourth-order valence-electron chi connectivity index (χ4n) is 3.50. The second kappa shape index (κ2) is 6.65. The second-order valence-corrected chi connectivity index (χ2v) is 13.4. The van der Waals surface area contributed by atoms with E-state index in [0.717, 1.165) is 25.9 Å². The number of aliphatic hydroxyl groups is 1. The van der Waals surface area contributed by atoms with Crippen LogP contribution in [0, 0.1) is 11.3 Å². The highest BCUT2D eigenvalue weighted by Gasteiger charge is 2.44. The van der Waals surface area contributed by atoms with Gasteiger partial charge in [0.05, 0.1) is 0 Å². The van der Waals surface area contributed by atoms with Crippen LogP contribution in [0.15, 0.2) is 23.8 Å². The van der Waals surface area contributed by atoms with E-state index in [1.165, 1.54) is 5.57 Å². The summed E-state index contributed by atoms with van der Waals surface area (Å²) < 4.78 is 6.32. The Morgan fingerprint density at radius 2 is 2.09 bits per heavy atom. The number of hydrogen-bond acceptors (Lipinski definition) is 3. The van der Waals surface area contributed by atoms with E-state index >= 15 is 0 Å². The van der Waals surface area contributed by atoms with Gasteiger partial charge in [-0.3, -0.25) is 4.79 Å². The third kappa shape index (κ3) is 3.70. The van der Waals surface area contributed by atoms with Crippen molar-refractivity contribution in [3.8, 4) is 0 Å². The van der Waals surface area contributed by atoms with Crippen LogP contribution in [0.2, 0.25) is 18.1 Å². The summed E-state index contributed by atoms with van der Waals surface area (Å²) in [5.74, 6) is 0.422. The summed E-state index contributed by atoms with van der Waals surface area (Å²) in [6.45, 7) is 12.3. The molecule has 3 nitrogen and oxygen atoms in total. The molecule has 23 heavy (non-hydrogen) atoms. The van der Waals surface area contributed by atoms with Crippen molar-refractivity contribution in [3.63, 3.8) is 0 Å². The molecule has 1 spiro atoms. The molecule has 0 aromatic rings. The van der Waals surface area contributed by atoms with Gasteiger partial charge in [0.15, 0.2) is 14.1 Å². The third-order valence-electron chi connectivity index (χ3n) is 6.19. The lowest BCUT2D eigenvalue weighted by molar-refractivity contribution is -0.115. The van der Waals surface area contributed by atoms with E-state index in [1.54, 1.807) is 6.08 Å². The molecule has 0 aliphatic heterocycles. The first-order chi connectivity index (χ1) is 10.6. The van der Waals surface area contributed by atoms with E-state index in [2.05, 4.69) is 46.0 Å². The molecule has 2 aliphatic carbocycles. The molecular formula is C19H32O3Si. The van der Waals surface area contributed by atoms with Crippen LogP contribution >= 0.6 is 0 Å². The van der Waals surface area contributed by atoms with Gasteiger partial charge >= 0.3 is 0 Å². The minimum absolute atomic E-state index is 0.112. The molecule has 2 rings (SSSR count). The van der Waals surface area contributed by atoms with Gasteiger partial charge < -0.3 is 9.53 Å². The molecule has 1 N–H and O–H groups in total. The van der Waals surface area contributed by atoms with Crippen LogP contribution in [0.1, 0.15) is 46.5 Å². The number of allylic oxidation sites excluding steroid dienone is 3. The van der Waals surface area contributed by atoms with E-state index in [4.69, 9.17) is 4.43 Å². The molecule has 0 bridgehead atoms. The summed E-state index contributed by atoms with van der Waals surface area (Å²) >= 11 is 0. The molecule has 0 radical (unpaired) electrons. The molecule has 0 heterocycles. The van der Waals surface area contributed by atoms with Gasteiger partial charge in [-0.2, -0.15) is 0 Å². The van der Waals surface area contributed by atoms with Gasteiger partial charge in [0.1, 0.15) is 0 Å². The summed E-state index contributed by atoms with van der Waals surface area (Å²) in [4.78, 5) is 11.6. The second-order valence-electron chi connectivity index (χ2n) is 8.54. The molecule has 130 valence electrons. The number of hydrogen-bond donors (Lipinski definition) is 1. The normalized spacial score (nSPS) is 28.5. The standard InChI is InChI=1S/C19H32O3Si/c1-18(2,3)23(4,5)22-13-10-15-6-7-16(14-20)19(15)11-8-17(21)9-12-19/h6,8,11,16,20H,7,9-10,12-14H2,1-5H3/t16-,19-/m1/s1. The highest BCUT2D eigenvalue weighted by atomic mass is 28.4. The molecule has 0 saturated carbocycles. The smallest absolute Gasteiger partial charge is 0.191 e. The van der Waals surface area contributed by atoms with Crippen molar-refractivity contribution in [2.45, 2.75) is 64.6 Å². The predicted octanol–water partition coefficient (Wildman–Crippen LogP) is 4.24. The number of aliphatic hydroxyl groups excluding tert-OH is 1. The Labute approximate surface area is 141 Å². The first-order valence-corrected chi connectivity index (χ1v) is 11.7. The largest absolute Gasteiger partial charge is 0.417 e. The third-order valence-corrected chi connectivity index (χ3v) is 10.7. The van der Waals surface area contributed by atoms with Crippen LogP contribution in [0.5, 0.6) is 0 Å². The highest BCUT2D eigenvalue weighted by molar-refractivity contribution is 6.74. The number of rotatable bonds is 5. The predicted molar refractivity (Wildman–Crippen MR) is 96.9 cm³/mol. The van der Waals surface area contributed by atoms with Crippen molar-refractivity contribution >= 4 is 14.1 Å². The Balaban J connectivity index is 2.05. The summed E-state index contributed by atoms with van der Waals surface area (Å²) in [5, 5.41) is 9.97. The van der Waals surface area contributed by atoms with Crippen molar-refractivity contribution < 1.29 is 14.3 Å². The van der Waals surface area contributed by atoms with Crippen molar-refractivity contribution in [2.75, 3.05) is 13.2 Å². The molecule has 0 aromatic carbocycles. The number of carbonyl (C=O) groups is 1.